The average Bonchev–Trinajstić information content (AvgIpc) is 2.28. The van der Waals surface area contributed by atoms with Crippen molar-refractivity contribution in [2.75, 3.05) is 18.0 Å². The first-order valence-electron chi connectivity index (χ1n) is 5.53. The number of primary sulfonamides is 1. The Balaban J connectivity index is 2.38. The molecule has 1 unspecified atom stereocenters. The summed E-state index contributed by atoms with van der Waals surface area (Å²) in [7, 11) is -3.72. The number of benzene rings is 1. The smallest absolute Gasteiger partial charge is 0.240 e. The highest BCUT2D eigenvalue weighted by atomic mass is 32.2. The molecular formula is C11H16N2O3S. The molecule has 0 spiro atoms. The van der Waals surface area contributed by atoms with Crippen molar-refractivity contribution in [1.82, 2.24) is 0 Å². The van der Waals surface area contributed by atoms with Crippen LogP contribution in [0, 0.1) is 0 Å². The molecule has 1 aromatic rings. The lowest BCUT2D eigenvalue weighted by atomic mass is 10.1. The molecule has 1 fully saturated rings. The Bertz CT molecular complexity index is 501. The van der Waals surface area contributed by atoms with E-state index in [0.29, 0.717) is 12.2 Å². The maximum atomic E-state index is 11.5. The Morgan fingerprint density at radius 1 is 1.35 bits per heavy atom. The van der Waals surface area contributed by atoms with E-state index in [9.17, 15) is 13.5 Å². The minimum absolute atomic E-state index is 0.120. The molecule has 0 amide bonds. The Kier molecular flexibility index (Phi) is 3.37. The summed E-state index contributed by atoms with van der Waals surface area (Å²) in [6.45, 7) is 1.19. The first-order chi connectivity index (χ1) is 7.98. The molecule has 3 N–H and O–H groups in total. The molecule has 1 heterocycles. The molecule has 0 aliphatic carbocycles. The number of hydrogen-bond donors (Lipinski definition) is 2. The normalized spacial score (nSPS) is 21.5. The lowest BCUT2D eigenvalue weighted by Gasteiger charge is -2.32. The van der Waals surface area contributed by atoms with Crippen LogP contribution in [0.25, 0.3) is 0 Å². The second-order valence-corrected chi connectivity index (χ2v) is 5.78. The predicted molar refractivity (Wildman–Crippen MR) is 65.3 cm³/mol. The van der Waals surface area contributed by atoms with E-state index in [1.807, 2.05) is 4.90 Å². The number of sulfonamides is 1. The molecule has 1 aliphatic rings. The topological polar surface area (TPSA) is 83.6 Å². The summed E-state index contributed by atoms with van der Waals surface area (Å²) in [5.74, 6) is 0. The summed E-state index contributed by atoms with van der Waals surface area (Å²) >= 11 is 0. The first kappa shape index (κ1) is 12.3. The van der Waals surface area contributed by atoms with Crippen LogP contribution in [0.3, 0.4) is 0 Å². The standard InChI is InChI=1S/C11H16N2O3S/c12-17(15,16)11-6-2-1-5-10(11)13-7-3-4-9(14)8-13/h1-2,5-6,9,14H,3-4,7-8H2,(H2,12,15,16). The summed E-state index contributed by atoms with van der Waals surface area (Å²) in [5.41, 5.74) is 0.578. The predicted octanol–water partition coefficient (Wildman–Crippen LogP) is 0.295. The summed E-state index contributed by atoms with van der Waals surface area (Å²) in [6.07, 6.45) is 1.20. The van der Waals surface area contributed by atoms with Crippen molar-refractivity contribution in [3.63, 3.8) is 0 Å². The van der Waals surface area contributed by atoms with Crippen LogP contribution in [0.4, 0.5) is 5.69 Å². The number of β-amino-alcohol motifs (C(OH)–C–C–N with tert-alkyl or cyclic N) is 1. The minimum Gasteiger partial charge on any atom is -0.391 e. The van der Waals surface area contributed by atoms with Gasteiger partial charge in [0.25, 0.3) is 0 Å². The summed E-state index contributed by atoms with van der Waals surface area (Å²) < 4.78 is 22.9. The molecule has 1 atom stereocenters. The number of aliphatic hydroxyl groups is 1. The van der Waals surface area contributed by atoms with Crippen molar-refractivity contribution >= 4 is 15.7 Å². The van der Waals surface area contributed by atoms with Gasteiger partial charge in [-0.05, 0) is 25.0 Å². The molecular weight excluding hydrogens is 240 g/mol. The molecule has 1 aromatic carbocycles. The zero-order valence-corrected chi connectivity index (χ0v) is 10.2. The third-order valence-corrected chi connectivity index (χ3v) is 3.87. The molecule has 2 rings (SSSR count). The highest BCUT2D eigenvalue weighted by Gasteiger charge is 2.23. The molecule has 5 nitrogen and oxygen atoms in total. The van der Waals surface area contributed by atoms with Crippen LogP contribution >= 0.6 is 0 Å². The van der Waals surface area contributed by atoms with Crippen LogP contribution in [-0.4, -0.2) is 32.7 Å². The third-order valence-electron chi connectivity index (χ3n) is 2.91. The quantitative estimate of drug-likeness (QED) is 0.797. The fourth-order valence-corrected chi connectivity index (χ4v) is 2.89. The lowest BCUT2D eigenvalue weighted by Crippen LogP contribution is -2.39. The number of nitrogens with zero attached hydrogens (tertiary/aromatic N) is 1. The van der Waals surface area contributed by atoms with Crippen LogP contribution < -0.4 is 10.0 Å². The molecule has 0 bridgehead atoms. The molecule has 94 valence electrons. The van der Waals surface area contributed by atoms with Crippen molar-refractivity contribution in [3.05, 3.63) is 24.3 Å². The second-order valence-electron chi connectivity index (χ2n) is 4.25. The van der Waals surface area contributed by atoms with Gasteiger partial charge in [-0.3, -0.25) is 0 Å². The van der Waals surface area contributed by atoms with Gasteiger partial charge in [0.05, 0.1) is 11.8 Å². The zero-order valence-electron chi connectivity index (χ0n) is 9.41. The van der Waals surface area contributed by atoms with E-state index in [4.69, 9.17) is 5.14 Å². The van der Waals surface area contributed by atoms with Crippen LogP contribution in [0.5, 0.6) is 0 Å². The monoisotopic (exact) mass is 256 g/mol. The van der Waals surface area contributed by atoms with Crippen molar-refractivity contribution < 1.29 is 13.5 Å². The molecule has 0 radical (unpaired) electrons. The van der Waals surface area contributed by atoms with E-state index in [-0.39, 0.29) is 4.90 Å². The largest absolute Gasteiger partial charge is 0.391 e. The summed E-state index contributed by atoms with van der Waals surface area (Å²) in [4.78, 5) is 1.99. The van der Waals surface area contributed by atoms with E-state index in [0.717, 1.165) is 19.4 Å². The number of para-hydroxylation sites is 1. The van der Waals surface area contributed by atoms with E-state index in [1.54, 1.807) is 18.2 Å². The molecule has 1 aliphatic heterocycles. The lowest BCUT2D eigenvalue weighted by molar-refractivity contribution is 0.154. The van der Waals surface area contributed by atoms with Gasteiger partial charge in [-0.1, -0.05) is 12.1 Å². The van der Waals surface area contributed by atoms with Crippen LogP contribution in [0.2, 0.25) is 0 Å². The van der Waals surface area contributed by atoms with Gasteiger partial charge in [-0.2, -0.15) is 0 Å². The number of nitrogens with two attached hydrogens (primary N) is 1. The molecule has 0 aromatic heterocycles. The minimum atomic E-state index is -3.72. The zero-order chi connectivity index (χ0) is 12.5. The van der Waals surface area contributed by atoms with Gasteiger partial charge in [-0.25, -0.2) is 13.6 Å². The average molecular weight is 256 g/mol. The number of hydrogen-bond acceptors (Lipinski definition) is 4. The van der Waals surface area contributed by atoms with Crippen LogP contribution in [0.15, 0.2) is 29.2 Å². The molecule has 0 saturated carbocycles. The SMILES string of the molecule is NS(=O)(=O)c1ccccc1N1CCCC(O)C1. The Labute approximate surface area is 101 Å². The van der Waals surface area contributed by atoms with E-state index in [2.05, 4.69) is 0 Å². The van der Waals surface area contributed by atoms with E-state index in [1.165, 1.54) is 6.07 Å². The summed E-state index contributed by atoms with van der Waals surface area (Å²) in [5, 5.41) is 14.8. The highest BCUT2D eigenvalue weighted by Crippen LogP contribution is 2.26. The van der Waals surface area contributed by atoms with Gasteiger partial charge in [0.2, 0.25) is 10.0 Å². The maximum absolute atomic E-state index is 11.5. The Morgan fingerprint density at radius 2 is 2.06 bits per heavy atom. The van der Waals surface area contributed by atoms with Gasteiger partial charge in [-0.15, -0.1) is 0 Å². The molecule has 1 saturated heterocycles. The van der Waals surface area contributed by atoms with Crippen molar-refractivity contribution in [2.24, 2.45) is 5.14 Å². The number of anilines is 1. The third kappa shape index (κ3) is 2.77. The van der Waals surface area contributed by atoms with Crippen molar-refractivity contribution in [2.45, 2.75) is 23.8 Å². The van der Waals surface area contributed by atoms with Crippen molar-refractivity contribution in [3.8, 4) is 0 Å². The Hall–Kier alpha value is -1.11. The van der Waals surface area contributed by atoms with Crippen LogP contribution in [0.1, 0.15) is 12.8 Å². The van der Waals surface area contributed by atoms with E-state index >= 15 is 0 Å². The van der Waals surface area contributed by atoms with Gasteiger partial charge in [0, 0.05) is 13.1 Å². The maximum Gasteiger partial charge on any atom is 0.240 e. The fourth-order valence-electron chi connectivity index (χ4n) is 2.13. The van der Waals surface area contributed by atoms with Crippen LogP contribution in [-0.2, 0) is 10.0 Å². The summed E-state index contributed by atoms with van der Waals surface area (Å²) in [6, 6.07) is 6.62. The number of aliphatic hydroxyl groups excluding tert-OH is 1. The van der Waals surface area contributed by atoms with Gasteiger partial charge in [0.15, 0.2) is 0 Å². The number of rotatable bonds is 2. The second kappa shape index (κ2) is 4.64. The molecule has 6 heteroatoms. The Morgan fingerprint density at radius 3 is 2.71 bits per heavy atom. The fraction of sp³-hybridized carbons (Fsp3) is 0.455. The first-order valence-corrected chi connectivity index (χ1v) is 7.08. The van der Waals surface area contributed by atoms with Crippen molar-refractivity contribution in [1.29, 1.82) is 0 Å². The van der Waals surface area contributed by atoms with Gasteiger partial charge in [0.1, 0.15) is 4.90 Å². The molecule has 17 heavy (non-hydrogen) atoms. The highest BCUT2D eigenvalue weighted by molar-refractivity contribution is 7.89. The van der Waals surface area contributed by atoms with E-state index < -0.39 is 16.1 Å². The van der Waals surface area contributed by atoms with Gasteiger partial charge >= 0.3 is 0 Å². The number of piperidine rings is 1. The van der Waals surface area contributed by atoms with Gasteiger partial charge < -0.3 is 10.0 Å².